The maximum Gasteiger partial charge on any atom is 0.330 e. The Morgan fingerprint density at radius 1 is 1.11 bits per heavy atom. The molecule has 5 rings (SSSR count). The summed E-state index contributed by atoms with van der Waals surface area (Å²) in [5, 5.41) is 10.2. The molecule has 2 fully saturated rings. The number of amides is 3. The number of hydrogen-bond donors (Lipinski definition) is 0. The van der Waals surface area contributed by atoms with E-state index in [9.17, 15) is 29.3 Å². The van der Waals surface area contributed by atoms with Crippen LogP contribution in [0.2, 0.25) is 0 Å². The molecule has 2 aromatic carbocycles. The van der Waals surface area contributed by atoms with E-state index in [4.69, 9.17) is 16.3 Å². The predicted octanol–water partition coefficient (Wildman–Crippen LogP) is 2.58. The van der Waals surface area contributed by atoms with Crippen LogP contribution in [0.5, 0.6) is 0 Å². The molecule has 0 spiro atoms. The highest BCUT2D eigenvalue weighted by Gasteiger charge is 2.68. The first-order valence-corrected chi connectivity index (χ1v) is 12.0. The fourth-order valence-electron chi connectivity index (χ4n) is 4.61. The van der Waals surface area contributed by atoms with E-state index in [-0.39, 0.29) is 29.3 Å². The van der Waals surface area contributed by atoms with Gasteiger partial charge >= 0.3 is 5.97 Å². The summed E-state index contributed by atoms with van der Waals surface area (Å²) in [4.78, 5) is 64.7. The maximum absolute atomic E-state index is 13.2. The Bertz CT molecular complexity index is 1250. The average molecular weight is 516 g/mol. The SMILES string of the molecule is C[C@]1(CCl)S[C@@H]2[C@H](N3C(=O)c4ccccc4C3=O)C(=O)N2[C@H]1C(=O)OCc1ccc([N+](=O)[O-])cc1. The Labute approximate surface area is 208 Å². The third-order valence-corrected chi connectivity index (χ3v) is 8.76. The number of β-lactam (4-membered cyclic amide) rings is 1. The number of hydrogen-bond acceptors (Lipinski definition) is 8. The molecule has 0 bridgehead atoms. The minimum Gasteiger partial charge on any atom is -0.459 e. The molecule has 2 saturated heterocycles. The summed E-state index contributed by atoms with van der Waals surface area (Å²) < 4.78 is 4.53. The van der Waals surface area contributed by atoms with Crippen molar-refractivity contribution in [2.75, 3.05) is 5.88 Å². The van der Waals surface area contributed by atoms with Crippen LogP contribution in [0.25, 0.3) is 0 Å². The van der Waals surface area contributed by atoms with Crippen LogP contribution in [0.1, 0.15) is 33.2 Å². The second-order valence-electron chi connectivity index (χ2n) is 8.60. The molecule has 3 aliphatic heterocycles. The molecule has 3 aliphatic rings. The van der Waals surface area contributed by atoms with E-state index in [1.165, 1.54) is 40.9 Å². The van der Waals surface area contributed by atoms with E-state index in [1.54, 1.807) is 31.2 Å². The monoisotopic (exact) mass is 515 g/mol. The number of rotatable bonds is 6. The third-order valence-electron chi connectivity index (χ3n) is 6.42. The van der Waals surface area contributed by atoms with Gasteiger partial charge in [0.15, 0.2) is 0 Å². The minimum absolute atomic E-state index is 0.0179. The fraction of sp³-hybridized carbons (Fsp3) is 0.304. The number of carbonyl (C=O) groups excluding carboxylic acids is 4. The fourth-order valence-corrected chi connectivity index (χ4v) is 6.61. The molecule has 2 aromatic rings. The van der Waals surface area contributed by atoms with Gasteiger partial charge in [-0.15, -0.1) is 23.4 Å². The number of fused-ring (bicyclic) bond motifs is 2. The lowest BCUT2D eigenvalue weighted by Gasteiger charge is -2.46. The highest BCUT2D eigenvalue weighted by molar-refractivity contribution is 8.01. The average Bonchev–Trinajstić information content (AvgIpc) is 3.27. The quantitative estimate of drug-likeness (QED) is 0.143. The standard InChI is InChI=1S/C23H18ClN3O7S/c1-23(11-24)17(22(31)34-10-12-6-8-13(9-7-12)27(32)33)26-20(30)16(21(26)35-23)25-18(28)14-4-2-3-5-15(14)19(25)29/h2-9,16-17,21H,10-11H2,1H3/t16-,17+,21-,23-/m1/s1. The molecule has 0 saturated carbocycles. The summed E-state index contributed by atoms with van der Waals surface area (Å²) in [6, 6.07) is 9.88. The third kappa shape index (κ3) is 3.49. The number of alkyl halides is 1. The van der Waals surface area contributed by atoms with Gasteiger partial charge in [-0.05, 0) is 36.8 Å². The zero-order chi connectivity index (χ0) is 25.1. The Balaban J connectivity index is 1.34. The molecular formula is C23H18ClN3O7S. The summed E-state index contributed by atoms with van der Waals surface area (Å²) in [7, 11) is 0. The van der Waals surface area contributed by atoms with Crippen LogP contribution in [0, 0.1) is 10.1 Å². The summed E-state index contributed by atoms with van der Waals surface area (Å²) in [5.74, 6) is -2.27. The van der Waals surface area contributed by atoms with E-state index in [0.717, 1.165) is 4.90 Å². The molecule has 0 unspecified atom stereocenters. The predicted molar refractivity (Wildman–Crippen MR) is 125 cm³/mol. The highest BCUT2D eigenvalue weighted by atomic mass is 35.5. The molecule has 0 N–H and O–H groups in total. The zero-order valence-corrected chi connectivity index (χ0v) is 19.8. The number of nitro benzene ring substituents is 1. The van der Waals surface area contributed by atoms with E-state index in [1.807, 2.05) is 0 Å². The molecule has 10 nitrogen and oxygen atoms in total. The number of esters is 1. The molecular weight excluding hydrogens is 498 g/mol. The minimum atomic E-state index is -1.04. The van der Waals surface area contributed by atoms with Gasteiger partial charge in [0.05, 0.1) is 20.8 Å². The van der Waals surface area contributed by atoms with Gasteiger partial charge in [-0.2, -0.15) is 0 Å². The van der Waals surface area contributed by atoms with Crippen molar-refractivity contribution in [2.45, 2.75) is 35.7 Å². The first kappa shape index (κ1) is 23.3. The first-order valence-electron chi connectivity index (χ1n) is 10.6. The molecule has 0 aliphatic carbocycles. The second-order valence-corrected chi connectivity index (χ2v) is 10.5. The lowest BCUT2D eigenvalue weighted by Crippen LogP contribution is -2.71. The van der Waals surface area contributed by atoms with Crippen LogP contribution >= 0.6 is 23.4 Å². The number of nitrogens with zero attached hydrogens (tertiary/aromatic N) is 3. The normalized spacial score (nSPS) is 26.9. The molecule has 3 amide bonds. The van der Waals surface area contributed by atoms with Crippen LogP contribution < -0.4 is 0 Å². The van der Waals surface area contributed by atoms with Crippen LogP contribution in [-0.4, -0.2) is 66.5 Å². The summed E-state index contributed by atoms with van der Waals surface area (Å²) in [6.45, 7) is 1.58. The van der Waals surface area contributed by atoms with Gasteiger partial charge in [0.1, 0.15) is 24.1 Å². The molecule has 3 heterocycles. The van der Waals surface area contributed by atoms with Gasteiger partial charge in [-0.25, -0.2) is 4.79 Å². The number of imide groups is 1. The van der Waals surface area contributed by atoms with Crippen molar-refractivity contribution in [3.8, 4) is 0 Å². The number of thioether (sulfide) groups is 1. The summed E-state index contributed by atoms with van der Waals surface area (Å²) in [5.41, 5.74) is 0.935. The zero-order valence-electron chi connectivity index (χ0n) is 18.3. The topological polar surface area (TPSA) is 127 Å². The van der Waals surface area contributed by atoms with E-state index < -0.39 is 50.8 Å². The second kappa shape index (κ2) is 8.35. The number of halogens is 1. The van der Waals surface area contributed by atoms with Crippen LogP contribution in [-0.2, 0) is 20.9 Å². The van der Waals surface area contributed by atoms with Crippen LogP contribution in [0.3, 0.4) is 0 Å². The lowest BCUT2D eigenvalue weighted by atomic mass is 9.95. The number of nitro groups is 1. The Morgan fingerprint density at radius 3 is 2.26 bits per heavy atom. The maximum atomic E-state index is 13.2. The van der Waals surface area contributed by atoms with Gasteiger partial charge in [-0.3, -0.25) is 29.4 Å². The van der Waals surface area contributed by atoms with Gasteiger partial charge in [-0.1, -0.05) is 12.1 Å². The Morgan fingerprint density at radius 2 is 1.71 bits per heavy atom. The molecule has 180 valence electrons. The van der Waals surface area contributed by atoms with Crippen molar-refractivity contribution >= 4 is 52.7 Å². The number of non-ortho nitro benzene ring substituents is 1. The highest BCUT2D eigenvalue weighted by Crippen LogP contribution is 2.53. The Hall–Kier alpha value is -3.44. The van der Waals surface area contributed by atoms with Crippen molar-refractivity contribution in [2.24, 2.45) is 0 Å². The molecule has 35 heavy (non-hydrogen) atoms. The van der Waals surface area contributed by atoms with E-state index >= 15 is 0 Å². The summed E-state index contributed by atoms with van der Waals surface area (Å²) in [6.07, 6.45) is 0. The number of carbonyl (C=O) groups is 4. The van der Waals surface area contributed by atoms with Gasteiger partial charge in [0.2, 0.25) is 0 Å². The van der Waals surface area contributed by atoms with E-state index in [2.05, 4.69) is 0 Å². The Kier molecular flexibility index (Phi) is 5.56. The summed E-state index contributed by atoms with van der Waals surface area (Å²) >= 11 is 7.48. The van der Waals surface area contributed by atoms with Crippen molar-refractivity contribution in [3.05, 3.63) is 75.3 Å². The van der Waals surface area contributed by atoms with Crippen LogP contribution in [0.4, 0.5) is 5.69 Å². The van der Waals surface area contributed by atoms with Gasteiger partial charge < -0.3 is 9.64 Å². The van der Waals surface area contributed by atoms with Crippen molar-refractivity contribution < 1.29 is 28.8 Å². The molecule has 0 aromatic heterocycles. The molecule has 12 heteroatoms. The molecule has 0 radical (unpaired) electrons. The van der Waals surface area contributed by atoms with Gasteiger partial charge in [0.25, 0.3) is 23.4 Å². The lowest BCUT2D eigenvalue weighted by molar-refractivity contribution is -0.384. The van der Waals surface area contributed by atoms with Gasteiger partial charge in [0, 0.05) is 18.0 Å². The van der Waals surface area contributed by atoms with Crippen molar-refractivity contribution in [1.82, 2.24) is 9.80 Å². The van der Waals surface area contributed by atoms with E-state index in [0.29, 0.717) is 5.56 Å². The first-order chi connectivity index (χ1) is 16.7. The number of ether oxygens (including phenoxy) is 1. The largest absolute Gasteiger partial charge is 0.459 e. The van der Waals surface area contributed by atoms with Crippen molar-refractivity contribution in [3.63, 3.8) is 0 Å². The number of benzene rings is 2. The van der Waals surface area contributed by atoms with Crippen LogP contribution in [0.15, 0.2) is 48.5 Å². The van der Waals surface area contributed by atoms with Crippen molar-refractivity contribution in [1.29, 1.82) is 0 Å². The molecule has 4 atom stereocenters. The smallest absolute Gasteiger partial charge is 0.330 e.